The molecule has 5 nitrogen and oxygen atoms in total. The Labute approximate surface area is 142 Å². The predicted octanol–water partition coefficient (Wildman–Crippen LogP) is 2.83. The molecule has 4 rings (SSSR count). The SMILES string of the molecule is Cc1cc2n(CC(O)c3ccc(F)cc3)c(=O)c3ccccc3n2n1. The maximum absolute atomic E-state index is 13.1. The third kappa shape index (κ3) is 2.60. The molecule has 0 saturated carbocycles. The van der Waals surface area contributed by atoms with Crippen LogP contribution in [0.2, 0.25) is 0 Å². The van der Waals surface area contributed by atoms with Crippen LogP contribution in [0.3, 0.4) is 0 Å². The Morgan fingerprint density at radius 1 is 1.16 bits per heavy atom. The Kier molecular flexibility index (Phi) is 3.62. The summed E-state index contributed by atoms with van der Waals surface area (Å²) in [5, 5.41) is 15.5. The van der Waals surface area contributed by atoms with E-state index >= 15 is 0 Å². The number of fused-ring (bicyclic) bond motifs is 3. The largest absolute Gasteiger partial charge is 0.387 e. The van der Waals surface area contributed by atoms with Crippen LogP contribution in [-0.2, 0) is 6.54 Å². The minimum Gasteiger partial charge on any atom is -0.387 e. The quantitative estimate of drug-likeness (QED) is 0.625. The van der Waals surface area contributed by atoms with Crippen molar-refractivity contribution < 1.29 is 9.50 Å². The van der Waals surface area contributed by atoms with Gasteiger partial charge in [-0.15, -0.1) is 0 Å². The summed E-state index contributed by atoms with van der Waals surface area (Å²) in [5.74, 6) is -0.368. The molecule has 126 valence electrons. The van der Waals surface area contributed by atoms with E-state index in [0.717, 1.165) is 11.2 Å². The smallest absolute Gasteiger partial charge is 0.261 e. The highest BCUT2D eigenvalue weighted by Gasteiger charge is 2.16. The van der Waals surface area contributed by atoms with E-state index in [0.29, 0.717) is 16.6 Å². The molecule has 2 heterocycles. The van der Waals surface area contributed by atoms with Crippen molar-refractivity contribution in [1.29, 1.82) is 0 Å². The monoisotopic (exact) mass is 337 g/mol. The van der Waals surface area contributed by atoms with E-state index < -0.39 is 6.10 Å². The fourth-order valence-electron chi connectivity index (χ4n) is 3.08. The summed E-state index contributed by atoms with van der Waals surface area (Å²) in [7, 11) is 0. The van der Waals surface area contributed by atoms with Crippen LogP contribution in [0.25, 0.3) is 16.6 Å². The number of hydrogen-bond donors (Lipinski definition) is 1. The molecule has 6 heteroatoms. The number of aromatic nitrogens is 3. The first-order valence-electron chi connectivity index (χ1n) is 7.96. The molecule has 0 fully saturated rings. The summed E-state index contributed by atoms with van der Waals surface area (Å²) < 4.78 is 16.3. The normalized spacial score (nSPS) is 12.8. The molecule has 0 spiro atoms. The number of aryl methyl sites for hydroxylation is 1. The molecule has 0 aliphatic heterocycles. The van der Waals surface area contributed by atoms with Crippen molar-refractivity contribution in [1.82, 2.24) is 14.2 Å². The van der Waals surface area contributed by atoms with Gasteiger partial charge in [0.05, 0.1) is 29.2 Å². The molecule has 1 N–H and O–H groups in total. The predicted molar refractivity (Wildman–Crippen MR) is 93.1 cm³/mol. The highest BCUT2D eigenvalue weighted by atomic mass is 19.1. The van der Waals surface area contributed by atoms with Gasteiger partial charge in [0.15, 0.2) is 0 Å². The summed E-state index contributed by atoms with van der Waals surface area (Å²) in [6.07, 6.45) is -0.932. The van der Waals surface area contributed by atoms with Gasteiger partial charge in [-0.05, 0) is 36.8 Å². The number of para-hydroxylation sites is 1. The molecule has 0 bridgehead atoms. The number of rotatable bonds is 3. The maximum atomic E-state index is 13.1. The average Bonchev–Trinajstić information content (AvgIpc) is 3.01. The minimum absolute atomic E-state index is 0.0595. The number of hydrogen-bond acceptors (Lipinski definition) is 3. The molecular formula is C19H16FN3O2. The number of benzene rings is 2. The molecule has 4 aromatic rings. The van der Waals surface area contributed by atoms with Gasteiger partial charge in [-0.25, -0.2) is 8.91 Å². The van der Waals surface area contributed by atoms with Crippen molar-refractivity contribution in [3.05, 3.63) is 82.0 Å². The minimum atomic E-state index is -0.932. The van der Waals surface area contributed by atoms with Crippen molar-refractivity contribution in [3.8, 4) is 0 Å². The van der Waals surface area contributed by atoms with Crippen LogP contribution in [-0.4, -0.2) is 19.3 Å². The zero-order valence-electron chi connectivity index (χ0n) is 13.6. The fraction of sp³-hybridized carbons (Fsp3) is 0.158. The number of aliphatic hydroxyl groups excluding tert-OH is 1. The average molecular weight is 337 g/mol. The van der Waals surface area contributed by atoms with E-state index in [-0.39, 0.29) is 17.9 Å². The topological polar surface area (TPSA) is 59.5 Å². The van der Waals surface area contributed by atoms with Gasteiger partial charge in [0, 0.05) is 6.07 Å². The Hall–Kier alpha value is -2.99. The third-order valence-corrected chi connectivity index (χ3v) is 4.31. The van der Waals surface area contributed by atoms with Gasteiger partial charge in [0.2, 0.25) is 0 Å². The van der Waals surface area contributed by atoms with Gasteiger partial charge in [0.25, 0.3) is 5.56 Å². The molecule has 1 atom stereocenters. The van der Waals surface area contributed by atoms with Crippen LogP contribution in [0.1, 0.15) is 17.4 Å². The Morgan fingerprint density at radius 3 is 2.64 bits per heavy atom. The molecule has 0 amide bonds. The molecule has 0 radical (unpaired) electrons. The van der Waals surface area contributed by atoms with Crippen molar-refractivity contribution in [2.75, 3.05) is 0 Å². The Morgan fingerprint density at radius 2 is 1.88 bits per heavy atom. The zero-order chi connectivity index (χ0) is 17.6. The van der Waals surface area contributed by atoms with Gasteiger partial charge in [-0.3, -0.25) is 9.36 Å². The van der Waals surface area contributed by atoms with Gasteiger partial charge in [0.1, 0.15) is 11.5 Å². The number of halogens is 1. The molecule has 0 aliphatic rings. The third-order valence-electron chi connectivity index (χ3n) is 4.31. The molecule has 0 aliphatic carbocycles. The first kappa shape index (κ1) is 15.5. The summed E-state index contributed by atoms with van der Waals surface area (Å²) in [5.41, 5.74) is 2.48. The standard InChI is InChI=1S/C19H16FN3O2/c1-12-10-18-22(11-17(24)13-6-8-14(20)9-7-13)19(25)15-4-2-3-5-16(15)23(18)21-12/h2-10,17,24H,11H2,1H3. The van der Waals surface area contributed by atoms with Crippen LogP contribution in [0.5, 0.6) is 0 Å². The lowest BCUT2D eigenvalue weighted by Crippen LogP contribution is -2.25. The van der Waals surface area contributed by atoms with Crippen molar-refractivity contribution in [2.45, 2.75) is 19.6 Å². The van der Waals surface area contributed by atoms with Gasteiger partial charge in [-0.1, -0.05) is 24.3 Å². The van der Waals surface area contributed by atoms with E-state index in [1.54, 1.807) is 16.6 Å². The summed E-state index contributed by atoms with van der Waals surface area (Å²) in [6.45, 7) is 1.91. The molecular weight excluding hydrogens is 321 g/mol. The summed E-state index contributed by atoms with van der Waals surface area (Å²) in [4.78, 5) is 12.9. The van der Waals surface area contributed by atoms with E-state index in [1.165, 1.54) is 28.8 Å². The second-order valence-electron chi connectivity index (χ2n) is 6.06. The van der Waals surface area contributed by atoms with Crippen LogP contribution >= 0.6 is 0 Å². The lowest BCUT2D eigenvalue weighted by molar-refractivity contribution is 0.156. The van der Waals surface area contributed by atoms with Crippen LogP contribution in [0.15, 0.2) is 59.4 Å². The highest BCUT2D eigenvalue weighted by Crippen LogP contribution is 2.19. The first-order valence-corrected chi connectivity index (χ1v) is 7.96. The van der Waals surface area contributed by atoms with E-state index in [2.05, 4.69) is 5.10 Å². The zero-order valence-corrected chi connectivity index (χ0v) is 13.6. The molecule has 0 saturated heterocycles. The molecule has 2 aromatic carbocycles. The fourth-order valence-corrected chi connectivity index (χ4v) is 3.08. The van der Waals surface area contributed by atoms with Gasteiger partial charge < -0.3 is 5.11 Å². The highest BCUT2D eigenvalue weighted by molar-refractivity contribution is 5.80. The lowest BCUT2D eigenvalue weighted by Gasteiger charge is -2.15. The molecule has 25 heavy (non-hydrogen) atoms. The second-order valence-corrected chi connectivity index (χ2v) is 6.06. The van der Waals surface area contributed by atoms with Crippen LogP contribution in [0, 0.1) is 12.7 Å². The van der Waals surface area contributed by atoms with Crippen molar-refractivity contribution in [3.63, 3.8) is 0 Å². The Bertz CT molecular complexity index is 1130. The summed E-state index contributed by atoms with van der Waals surface area (Å²) >= 11 is 0. The molecule has 1 unspecified atom stereocenters. The van der Waals surface area contributed by atoms with Gasteiger partial charge in [-0.2, -0.15) is 5.10 Å². The molecule has 2 aromatic heterocycles. The Balaban J connectivity index is 1.89. The van der Waals surface area contributed by atoms with Crippen molar-refractivity contribution in [2.24, 2.45) is 0 Å². The van der Waals surface area contributed by atoms with E-state index in [4.69, 9.17) is 0 Å². The maximum Gasteiger partial charge on any atom is 0.261 e. The van der Waals surface area contributed by atoms with Crippen LogP contribution < -0.4 is 5.56 Å². The number of nitrogens with zero attached hydrogens (tertiary/aromatic N) is 3. The van der Waals surface area contributed by atoms with Crippen LogP contribution in [0.4, 0.5) is 4.39 Å². The van der Waals surface area contributed by atoms with Crippen molar-refractivity contribution >= 4 is 16.6 Å². The lowest BCUT2D eigenvalue weighted by atomic mass is 10.1. The van der Waals surface area contributed by atoms with E-state index in [9.17, 15) is 14.3 Å². The summed E-state index contributed by atoms with van der Waals surface area (Å²) in [6, 6.07) is 14.7. The van der Waals surface area contributed by atoms with Gasteiger partial charge >= 0.3 is 0 Å². The second kappa shape index (κ2) is 5.82. The number of aliphatic hydroxyl groups is 1. The first-order chi connectivity index (χ1) is 12.0. The van der Waals surface area contributed by atoms with E-state index in [1.807, 2.05) is 25.1 Å².